The summed E-state index contributed by atoms with van der Waals surface area (Å²) in [7, 11) is -2.84. The van der Waals surface area contributed by atoms with Gasteiger partial charge in [0.15, 0.2) is 0 Å². The summed E-state index contributed by atoms with van der Waals surface area (Å²) >= 11 is 6.27. The van der Waals surface area contributed by atoms with Crippen LogP contribution in [-0.2, 0) is 26.2 Å². The minimum absolute atomic E-state index is 0.00348. The molecule has 0 unspecified atom stereocenters. The van der Waals surface area contributed by atoms with E-state index in [1.165, 1.54) is 30.2 Å². The number of hydrogen-bond acceptors (Lipinski definition) is 5. The van der Waals surface area contributed by atoms with Crippen LogP contribution in [0, 0.1) is 13.8 Å². The zero-order valence-electron chi connectivity index (χ0n) is 23.6. The van der Waals surface area contributed by atoms with Gasteiger partial charge in [0.1, 0.15) is 18.3 Å². The van der Waals surface area contributed by atoms with Crippen LogP contribution < -0.4 is 14.4 Å². The predicted molar refractivity (Wildman–Crippen MR) is 158 cm³/mol. The molecule has 40 heavy (non-hydrogen) atoms. The average Bonchev–Trinajstić information content (AvgIpc) is 2.89. The Morgan fingerprint density at radius 1 is 0.950 bits per heavy atom. The number of aryl methyl sites for hydroxylation is 2. The molecule has 0 radical (unpaired) electrons. The average molecular weight is 586 g/mol. The second-order valence-electron chi connectivity index (χ2n) is 9.99. The van der Waals surface area contributed by atoms with Crippen molar-refractivity contribution in [3.05, 3.63) is 88.4 Å². The first-order valence-corrected chi connectivity index (χ1v) is 14.7. The lowest BCUT2D eigenvalue weighted by Gasteiger charge is -2.32. The second-order valence-corrected chi connectivity index (χ2v) is 12.3. The van der Waals surface area contributed by atoms with E-state index in [9.17, 15) is 18.0 Å². The molecule has 0 spiro atoms. The molecule has 0 aliphatic heterocycles. The maximum atomic E-state index is 14.0. The maximum Gasteiger partial charge on any atom is 0.264 e. The highest BCUT2D eigenvalue weighted by atomic mass is 35.5. The van der Waals surface area contributed by atoms with Crippen molar-refractivity contribution >= 4 is 39.1 Å². The third-order valence-corrected chi connectivity index (χ3v) is 8.34. The number of ether oxygens (including phenoxy) is 1. The Morgan fingerprint density at radius 3 is 2.23 bits per heavy atom. The van der Waals surface area contributed by atoms with Crippen molar-refractivity contribution in [2.24, 2.45) is 0 Å². The number of sulfonamides is 1. The van der Waals surface area contributed by atoms with Gasteiger partial charge in [0.2, 0.25) is 11.8 Å². The zero-order valence-corrected chi connectivity index (χ0v) is 25.2. The fraction of sp³-hybridized carbons (Fsp3) is 0.333. The summed E-state index contributed by atoms with van der Waals surface area (Å²) in [5, 5.41) is 3.12. The van der Waals surface area contributed by atoms with E-state index in [1.54, 1.807) is 31.2 Å². The lowest BCUT2D eigenvalue weighted by molar-refractivity contribution is -0.139. The molecule has 1 N–H and O–H groups in total. The molecule has 0 heterocycles. The molecule has 0 bridgehead atoms. The van der Waals surface area contributed by atoms with Gasteiger partial charge in [-0.05, 0) is 70.5 Å². The number of benzene rings is 3. The molecule has 1 atom stereocenters. The Kier molecular flexibility index (Phi) is 10.2. The van der Waals surface area contributed by atoms with Crippen LogP contribution in [0.25, 0.3) is 0 Å². The van der Waals surface area contributed by atoms with Gasteiger partial charge in [0.05, 0.1) is 17.7 Å². The number of amides is 2. The van der Waals surface area contributed by atoms with Gasteiger partial charge >= 0.3 is 0 Å². The van der Waals surface area contributed by atoms with E-state index in [1.807, 2.05) is 52.0 Å². The first-order valence-electron chi connectivity index (χ1n) is 12.9. The lowest BCUT2D eigenvalue weighted by atomic mass is 10.1. The summed E-state index contributed by atoms with van der Waals surface area (Å²) < 4.78 is 34.5. The molecule has 214 valence electrons. The molecule has 3 rings (SSSR count). The highest BCUT2D eigenvalue weighted by Gasteiger charge is 2.34. The normalized spacial score (nSPS) is 12.1. The number of halogens is 1. The van der Waals surface area contributed by atoms with E-state index in [2.05, 4.69) is 5.32 Å². The summed E-state index contributed by atoms with van der Waals surface area (Å²) in [6, 6.07) is 17.5. The number of hydrogen-bond donors (Lipinski definition) is 1. The summed E-state index contributed by atoms with van der Waals surface area (Å²) in [5.74, 6) is -0.682. The van der Waals surface area contributed by atoms with Crippen LogP contribution in [0.3, 0.4) is 0 Å². The smallest absolute Gasteiger partial charge is 0.264 e. The van der Waals surface area contributed by atoms with Crippen LogP contribution in [0.2, 0.25) is 5.02 Å². The van der Waals surface area contributed by atoms with Crippen LogP contribution in [0.5, 0.6) is 5.75 Å². The van der Waals surface area contributed by atoms with Crippen LogP contribution in [-0.4, -0.2) is 50.9 Å². The SMILES string of the molecule is COc1ccc(Cl)cc1N(CC(=O)N(Cc1cccc(C)c1)[C@@H](C)C(=O)NC(C)C)S(=O)(=O)c1ccc(C)cc1. The molecule has 10 heteroatoms. The summed E-state index contributed by atoms with van der Waals surface area (Å²) in [4.78, 5) is 28.5. The summed E-state index contributed by atoms with van der Waals surface area (Å²) in [5.41, 5.74) is 2.80. The summed E-state index contributed by atoms with van der Waals surface area (Å²) in [6.45, 7) is 8.61. The van der Waals surface area contributed by atoms with Crippen LogP contribution in [0.1, 0.15) is 37.5 Å². The van der Waals surface area contributed by atoms with Gasteiger partial charge in [-0.3, -0.25) is 13.9 Å². The molecule has 0 saturated carbocycles. The van der Waals surface area contributed by atoms with E-state index in [0.717, 1.165) is 21.0 Å². The van der Waals surface area contributed by atoms with Gasteiger partial charge in [-0.2, -0.15) is 0 Å². The van der Waals surface area contributed by atoms with Gasteiger partial charge in [-0.15, -0.1) is 0 Å². The standard InChI is InChI=1S/C30H36ClN3O5S/c1-20(2)32-30(36)23(5)33(18-24-9-7-8-22(4)16-24)29(35)19-34(27-17-25(31)12-15-28(27)39-6)40(37,38)26-13-10-21(3)11-14-26/h7-17,20,23H,18-19H2,1-6H3,(H,32,36)/t23-/m0/s1. The summed E-state index contributed by atoms with van der Waals surface area (Å²) in [6.07, 6.45) is 0. The molecule has 0 fully saturated rings. The molecule has 2 amide bonds. The van der Waals surface area contributed by atoms with Crippen molar-refractivity contribution in [3.63, 3.8) is 0 Å². The predicted octanol–water partition coefficient (Wildman–Crippen LogP) is 5.10. The number of carbonyl (C=O) groups is 2. The first kappa shape index (κ1) is 31.0. The molecular formula is C30H36ClN3O5S. The first-order chi connectivity index (χ1) is 18.8. The van der Waals surface area contributed by atoms with Crippen LogP contribution in [0.15, 0.2) is 71.6 Å². The number of nitrogens with one attached hydrogen (secondary N) is 1. The van der Waals surface area contributed by atoms with Crippen molar-refractivity contribution in [3.8, 4) is 5.75 Å². The number of rotatable bonds is 11. The van der Waals surface area contributed by atoms with Crippen molar-refractivity contribution in [2.45, 2.75) is 58.1 Å². The molecule has 3 aromatic carbocycles. The Morgan fingerprint density at radius 2 is 1.62 bits per heavy atom. The number of anilines is 1. The Labute approximate surface area is 241 Å². The third kappa shape index (κ3) is 7.55. The number of carbonyl (C=O) groups excluding carboxylic acids is 2. The van der Waals surface area contributed by atoms with E-state index >= 15 is 0 Å². The zero-order chi connectivity index (χ0) is 29.6. The van der Waals surface area contributed by atoms with Crippen molar-refractivity contribution in [2.75, 3.05) is 18.0 Å². The largest absolute Gasteiger partial charge is 0.495 e. The fourth-order valence-corrected chi connectivity index (χ4v) is 5.79. The molecular weight excluding hydrogens is 550 g/mol. The monoisotopic (exact) mass is 585 g/mol. The quantitative estimate of drug-likeness (QED) is 0.338. The Bertz CT molecular complexity index is 1460. The van der Waals surface area contributed by atoms with E-state index < -0.39 is 28.5 Å². The molecule has 0 aromatic heterocycles. The number of methoxy groups -OCH3 is 1. The molecule has 0 saturated heterocycles. The second kappa shape index (κ2) is 13.2. The van der Waals surface area contributed by atoms with E-state index in [0.29, 0.717) is 0 Å². The fourth-order valence-electron chi connectivity index (χ4n) is 4.20. The van der Waals surface area contributed by atoms with Gasteiger partial charge < -0.3 is 15.0 Å². The van der Waals surface area contributed by atoms with E-state index in [4.69, 9.17) is 16.3 Å². The maximum absolute atomic E-state index is 14.0. The minimum Gasteiger partial charge on any atom is -0.495 e. The lowest BCUT2D eigenvalue weighted by Crippen LogP contribution is -2.52. The minimum atomic E-state index is -4.25. The van der Waals surface area contributed by atoms with E-state index in [-0.39, 0.29) is 39.8 Å². The highest BCUT2D eigenvalue weighted by molar-refractivity contribution is 7.92. The van der Waals surface area contributed by atoms with Gasteiger partial charge in [0, 0.05) is 17.6 Å². The molecule has 0 aliphatic rings. The Balaban J connectivity index is 2.11. The third-order valence-electron chi connectivity index (χ3n) is 6.33. The molecule has 0 aliphatic carbocycles. The molecule has 8 nitrogen and oxygen atoms in total. The topological polar surface area (TPSA) is 96.0 Å². The van der Waals surface area contributed by atoms with Crippen LogP contribution >= 0.6 is 11.6 Å². The van der Waals surface area contributed by atoms with Crippen molar-refractivity contribution in [1.82, 2.24) is 10.2 Å². The molecule has 3 aromatic rings. The number of nitrogens with zero attached hydrogens (tertiary/aromatic N) is 2. The van der Waals surface area contributed by atoms with Gasteiger partial charge in [-0.25, -0.2) is 8.42 Å². The highest BCUT2D eigenvalue weighted by Crippen LogP contribution is 2.35. The van der Waals surface area contributed by atoms with Crippen molar-refractivity contribution < 1.29 is 22.7 Å². The Hall–Kier alpha value is -3.56. The van der Waals surface area contributed by atoms with Crippen LogP contribution in [0.4, 0.5) is 5.69 Å². The van der Waals surface area contributed by atoms with Crippen molar-refractivity contribution in [1.29, 1.82) is 0 Å². The van der Waals surface area contributed by atoms with Gasteiger partial charge in [-0.1, -0.05) is 59.1 Å². The van der Waals surface area contributed by atoms with Gasteiger partial charge in [0.25, 0.3) is 10.0 Å².